The van der Waals surface area contributed by atoms with E-state index in [0.29, 0.717) is 0 Å². The van der Waals surface area contributed by atoms with Crippen LogP contribution in [0.4, 0.5) is 17.6 Å². The molecule has 18 heavy (non-hydrogen) atoms. The Morgan fingerprint density at radius 3 is 2.83 bits per heavy atom. The molecule has 1 aromatic rings. The smallest absolute Gasteiger partial charge is 0.223 e. The topological polar surface area (TPSA) is 85.1 Å². The molecule has 4 N–H and O–H groups in total. The van der Waals surface area contributed by atoms with E-state index in [0.717, 1.165) is 31.2 Å². The third-order valence-corrected chi connectivity index (χ3v) is 3.40. The standard InChI is InChI=1S/C12H21N5O/c1-4-14-9-7-10(16-11(13)15-9)17-12(3)5-6-18-8(12)2/h7-8H,4-6H2,1-3H3,(H4,13,14,15,16,17). The molecular formula is C12H21N5O. The molecule has 1 fully saturated rings. The van der Waals surface area contributed by atoms with Gasteiger partial charge in [-0.1, -0.05) is 0 Å². The monoisotopic (exact) mass is 251 g/mol. The van der Waals surface area contributed by atoms with Crippen molar-refractivity contribution in [1.29, 1.82) is 0 Å². The highest BCUT2D eigenvalue weighted by Crippen LogP contribution is 2.29. The average Bonchev–Trinajstić information content (AvgIpc) is 2.58. The Hall–Kier alpha value is -1.56. The van der Waals surface area contributed by atoms with Crippen LogP contribution in [0.3, 0.4) is 0 Å². The molecule has 1 aliphatic heterocycles. The maximum atomic E-state index is 5.71. The second kappa shape index (κ2) is 4.97. The van der Waals surface area contributed by atoms with E-state index in [1.807, 2.05) is 13.0 Å². The molecule has 2 rings (SSSR count). The summed E-state index contributed by atoms with van der Waals surface area (Å²) in [5.74, 6) is 1.74. The van der Waals surface area contributed by atoms with E-state index in [1.54, 1.807) is 0 Å². The average molecular weight is 251 g/mol. The number of nitrogen functional groups attached to an aromatic ring is 1. The number of hydrogen-bond donors (Lipinski definition) is 3. The van der Waals surface area contributed by atoms with Gasteiger partial charge in [0.2, 0.25) is 5.95 Å². The lowest BCUT2D eigenvalue weighted by Gasteiger charge is -2.29. The summed E-state index contributed by atoms with van der Waals surface area (Å²) in [4.78, 5) is 8.34. The van der Waals surface area contributed by atoms with Gasteiger partial charge in [0, 0.05) is 19.2 Å². The molecule has 1 aliphatic rings. The van der Waals surface area contributed by atoms with Gasteiger partial charge < -0.3 is 21.1 Å². The molecule has 2 unspecified atom stereocenters. The molecule has 0 radical (unpaired) electrons. The summed E-state index contributed by atoms with van der Waals surface area (Å²) in [6.07, 6.45) is 1.10. The van der Waals surface area contributed by atoms with Crippen molar-refractivity contribution in [3.8, 4) is 0 Å². The maximum absolute atomic E-state index is 5.71. The molecule has 2 heterocycles. The molecular weight excluding hydrogens is 230 g/mol. The van der Waals surface area contributed by atoms with Crippen molar-refractivity contribution in [3.05, 3.63) is 6.07 Å². The van der Waals surface area contributed by atoms with Gasteiger partial charge in [-0.15, -0.1) is 0 Å². The fourth-order valence-corrected chi connectivity index (χ4v) is 2.09. The Labute approximate surface area is 107 Å². The highest BCUT2D eigenvalue weighted by atomic mass is 16.5. The van der Waals surface area contributed by atoms with Gasteiger partial charge in [-0.2, -0.15) is 9.97 Å². The van der Waals surface area contributed by atoms with E-state index < -0.39 is 0 Å². The number of nitrogens with zero attached hydrogens (tertiary/aromatic N) is 2. The molecule has 6 nitrogen and oxygen atoms in total. The molecule has 0 saturated carbocycles. The summed E-state index contributed by atoms with van der Waals surface area (Å²) < 4.78 is 5.60. The molecule has 0 bridgehead atoms. The Morgan fingerprint density at radius 2 is 2.22 bits per heavy atom. The van der Waals surface area contributed by atoms with Crippen LogP contribution < -0.4 is 16.4 Å². The summed E-state index contributed by atoms with van der Waals surface area (Å²) in [5, 5.41) is 6.55. The van der Waals surface area contributed by atoms with Crippen molar-refractivity contribution in [2.45, 2.75) is 38.8 Å². The lowest BCUT2D eigenvalue weighted by Crippen LogP contribution is -2.41. The lowest BCUT2D eigenvalue weighted by atomic mass is 9.95. The molecule has 100 valence electrons. The van der Waals surface area contributed by atoms with E-state index in [2.05, 4.69) is 34.4 Å². The minimum Gasteiger partial charge on any atom is -0.376 e. The molecule has 0 amide bonds. The summed E-state index contributed by atoms with van der Waals surface area (Å²) in [7, 11) is 0. The van der Waals surface area contributed by atoms with Crippen LogP contribution in [0.2, 0.25) is 0 Å². The zero-order valence-corrected chi connectivity index (χ0v) is 11.2. The number of hydrogen-bond acceptors (Lipinski definition) is 6. The van der Waals surface area contributed by atoms with E-state index >= 15 is 0 Å². The lowest BCUT2D eigenvalue weighted by molar-refractivity contribution is 0.105. The second-order valence-corrected chi connectivity index (χ2v) is 4.83. The number of rotatable bonds is 4. The quantitative estimate of drug-likeness (QED) is 0.751. The molecule has 2 atom stereocenters. The van der Waals surface area contributed by atoms with Crippen molar-refractivity contribution < 1.29 is 4.74 Å². The minimum absolute atomic E-state index is 0.107. The van der Waals surface area contributed by atoms with Crippen molar-refractivity contribution in [3.63, 3.8) is 0 Å². The highest BCUT2D eigenvalue weighted by Gasteiger charge is 2.37. The van der Waals surface area contributed by atoms with Crippen LogP contribution in [-0.4, -0.2) is 34.8 Å². The first-order valence-corrected chi connectivity index (χ1v) is 6.32. The molecule has 6 heteroatoms. The largest absolute Gasteiger partial charge is 0.376 e. The first-order valence-electron chi connectivity index (χ1n) is 6.32. The van der Waals surface area contributed by atoms with Crippen molar-refractivity contribution >= 4 is 17.6 Å². The van der Waals surface area contributed by atoms with Gasteiger partial charge in [0.05, 0.1) is 11.6 Å². The Morgan fingerprint density at radius 1 is 1.50 bits per heavy atom. The number of ether oxygens (including phenoxy) is 1. The summed E-state index contributed by atoms with van der Waals surface area (Å²) in [6.45, 7) is 7.78. The summed E-state index contributed by atoms with van der Waals surface area (Å²) >= 11 is 0. The van der Waals surface area contributed by atoms with Crippen LogP contribution in [0.25, 0.3) is 0 Å². The predicted molar refractivity (Wildman–Crippen MR) is 72.7 cm³/mol. The van der Waals surface area contributed by atoms with Gasteiger partial charge in [-0.25, -0.2) is 0 Å². The van der Waals surface area contributed by atoms with E-state index in [1.165, 1.54) is 0 Å². The number of nitrogens with one attached hydrogen (secondary N) is 2. The van der Waals surface area contributed by atoms with Gasteiger partial charge in [0.15, 0.2) is 0 Å². The van der Waals surface area contributed by atoms with Gasteiger partial charge in [0.25, 0.3) is 0 Å². The highest BCUT2D eigenvalue weighted by molar-refractivity contribution is 5.52. The SMILES string of the molecule is CCNc1cc(NC2(C)CCOC2C)nc(N)n1. The van der Waals surface area contributed by atoms with Crippen molar-refractivity contribution in [2.24, 2.45) is 0 Å². The number of nitrogens with two attached hydrogens (primary N) is 1. The van der Waals surface area contributed by atoms with Crippen LogP contribution in [0.15, 0.2) is 6.07 Å². The Kier molecular flexibility index (Phi) is 3.56. The molecule has 0 spiro atoms. The van der Waals surface area contributed by atoms with E-state index in [4.69, 9.17) is 10.5 Å². The van der Waals surface area contributed by atoms with Crippen LogP contribution in [0, 0.1) is 0 Å². The zero-order chi connectivity index (χ0) is 13.2. The van der Waals surface area contributed by atoms with E-state index in [-0.39, 0.29) is 17.6 Å². The van der Waals surface area contributed by atoms with Crippen molar-refractivity contribution in [2.75, 3.05) is 29.5 Å². The third kappa shape index (κ3) is 2.64. The predicted octanol–water partition coefficient (Wildman–Crippen LogP) is 1.47. The third-order valence-electron chi connectivity index (χ3n) is 3.40. The summed E-state index contributed by atoms with van der Waals surface area (Å²) in [6, 6.07) is 1.87. The van der Waals surface area contributed by atoms with Crippen LogP contribution in [0.5, 0.6) is 0 Å². The molecule has 0 aromatic carbocycles. The fourth-order valence-electron chi connectivity index (χ4n) is 2.09. The number of anilines is 3. The van der Waals surface area contributed by atoms with Crippen LogP contribution >= 0.6 is 0 Å². The number of aromatic nitrogens is 2. The van der Waals surface area contributed by atoms with Gasteiger partial charge in [0.1, 0.15) is 11.6 Å². The van der Waals surface area contributed by atoms with Crippen LogP contribution in [0.1, 0.15) is 27.2 Å². The Bertz CT molecular complexity index is 425. The van der Waals surface area contributed by atoms with Gasteiger partial charge in [-0.3, -0.25) is 0 Å². The van der Waals surface area contributed by atoms with Gasteiger partial charge >= 0.3 is 0 Å². The van der Waals surface area contributed by atoms with Crippen molar-refractivity contribution in [1.82, 2.24) is 9.97 Å². The Balaban J connectivity index is 2.18. The second-order valence-electron chi connectivity index (χ2n) is 4.83. The van der Waals surface area contributed by atoms with E-state index in [9.17, 15) is 0 Å². The zero-order valence-electron chi connectivity index (χ0n) is 11.2. The first-order chi connectivity index (χ1) is 8.53. The fraction of sp³-hybridized carbons (Fsp3) is 0.667. The van der Waals surface area contributed by atoms with Gasteiger partial charge in [-0.05, 0) is 27.2 Å². The molecule has 1 aromatic heterocycles. The molecule has 0 aliphatic carbocycles. The normalized spacial score (nSPS) is 27.2. The minimum atomic E-state index is -0.107. The van der Waals surface area contributed by atoms with Crippen LogP contribution in [-0.2, 0) is 4.74 Å². The maximum Gasteiger partial charge on any atom is 0.223 e. The molecule has 1 saturated heterocycles. The first kappa shape index (κ1) is 12.9. The summed E-state index contributed by atoms with van der Waals surface area (Å²) in [5.41, 5.74) is 5.60.